The number of aliphatic hydroxyl groups is 27. The number of hydrogen-bond acceptors (Lipinski definition) is 52. The van der Waals surface area contributed by atoms with Crippen molar-refractivity contribution in [3.05, 3.63) is 0 Å². The summed E-state index contributed by atoms with van der Waals surface area (Å²) < 4.78 is 113. The van der Waals surface area contributed by atoms with Crippen molar-refractivity contribution in [1.82, 2.24) is 26.6 Å². The van der Waals surface area contributed by atoms with Crippen molar-refractivity contribution in [2.24, 2.45) is 0 Å². The lowest BCUT2D eigenvalue weighted by atomic mass is 9.88. The highest BCUT2D eigenvalue weighted by Gasteiger charge is 2.63. The molecule has 10 saturated heterocycles. The van der Waals surface area contributed by atoms with Gasteiger partial charge in [0.25, 0.3) is 5.79 Å². The zero-order valence-electron chi connectivity index (χ0n) is 70.7. The van der Waals surface area contributed by atoms with Gasteiger partial charge in [-0.1, -0.05) is 0 Å². The fraction of sp³-hybridized carbons (Fsp3) is 0.918. The summed E-state index contributed by atoms with van der Waals surface area (Å²) in [5, 5.41) is 326. The Hall–Kier alpha value is -5.02. The van der Waals surface area contributed by atoms with Crippen LogP contribution in [0, 0.1) is 0 Å². The SMILES string of the molecule is CC(=O)N[C@@H]1[C@@H](O)[C@H](O[C@@H]2O[C@H](CO)[C@@H](O[C@@H]3O[C@H](CO[C@H]4O[C@H](CO)[C@@H](O)[C@H](O)[C@@H]4O[C@@H]4O[C@H](CO[C@@H]5O[C@@H](C)[C@@H](O)[C@@H](O)[C@@H]5O)[C@@H](O)[C@H](O)[C@H]4NC(C)=O)[C@@H](O)[C@H](O[C@H]4O[C@H](CO)[C@@H](O)[C@H](O)[C@@H]4O[C@@H]4O[C@H](CO)[C@@H](O[C@@H]5O[C@H](CO[C@]6(C(=O)O)C[C@H](O)[C@@H](NC(C)=O)[C@H]([C@H](O)[C@H](O)CO)O6)[C@H](O)[C@H](O)[C@H]5O)[C@H](O)[C@H]4NC(C)=O)[C@@H]3O)[C@H](O)[C@H]2NC(C)=O)[C@@H](CO)O[C@H]1O. The van der Waals surface area contributed by atoms with Gasteiger partial charge in [0.15, 0.2) is 56.6 Å². The van der Waals surface area contributed by atoms with E-state index in [9.17, 15) is 172 Å². The minimum absolute atomic E-state index is 0.811. The standard InChI is InChI=1S/C73H121N5O53/c1-17-38(92)49(103)53(107)67(116-17)113-14-30-42(96)45(99)35(76-20(4)87)64(122-30)129-61-51(105)40(94)25(9-80)118-70(61)114-15-31-44(98)60(55(109)69(123-31)127-58-29(13-84)120-65(36(47(58)101)77-21(5)88)125-56-27(11-82)117-63(110)34(46(56)100)75-19(3)86)128-71-62(52(106)41(95)26(10-81)119-71)130-66-37(78-22(6)89)48(102)57(28(12-83)121-66)126-68-54(108)50(104)43(97)32(124-68)16-115-73(72(111)112)7-23(90)33(74-18(2)85)59(131-73)39(93)24(91)8-79/h17,23-71,79-84,90-110H,7-16H2,1-6H3,(H,74,85)(H,75,86)(H,76,87)(H,77,88)(H,78,89)(H,111,112)/t17-,23-,24+,25+,26+,27+,28+,29+,30+,31+,32+,33+,34+,35+,36+,37+,38+,39+,40+,41+,42+,43-,44+,45+,46+,47+,48+,49+,50-,51-,52-,53-,54+,55-,56+,57+,58+,59+,60-,61-,62-,63+,64-,65-,66-,67+,68-,69-,70-,71+,73+/m0/s1. The molecule has 0 bridgehead atoms. The molecule has 0 spiro atoms. The van der Waals surface area contributed by atoms with Gasteiger partial charge in [0.2, 0.25) is 29.5 Å². The maximum absolute atomic E-state index is 13.2. The van der Waals surface area contributed by atoms with Gasteiger partial charge in [0.05, 0.1) is 77.7 Å². The second kappa shape index (κ2) is 46.6. The van der Waals surface area contributed by atoms with Crippen LogP contribution >= 0.6 is 0 Å². The molecule has 0 saturated carbocycles. The number of aliphatic carboxylic acids is 1. The Morgan fingerprint density at radius 1 is 0.328 bits per heavy atom. The summed E-state index contributed by atoms with van der Waals surface area (Å²) in [6.45, 7) is -4.47. The topological polar surface area (TPSA) is 904 Å². The summed E-state index contributed by atoms with van der Waals surface area (Å²) in [6.07, 6.45) is -97.5. The van der Waals surface area contributed by atoms with Gasteiger partial charge in [-0.3, -0.25) is 24.0 Å². The predicted molar refractivity (Wildman–Crippen MR) is 403 cm³/mol. The Labute approximate surface area is 741 Å². The molecule has 5 amide bonds. The first-order chi connectivity index (χ1) is 61.7. The highest BCUT2D eigenvalue weighted by molar-refractivity contribution is 5.77. The van der Waals surface area contributed by atoms with Crippen molar-refractivity contribution in [2.45, 2.75) is 360 Å². The zero-order valence-corrected chi connectivity index (χ0v) is 70.7. The van der Waals surface area contributed by atoms with E-state index in [1.165, 1.54) is 6.92 Å². The maximum atomic E-state index is 13.2. The summed E-state index contributed by atoms with van der Waals surface area (Å²) in [4.78, 5) is 76.5. The number of amides is 5. The van der Waals surface area contributed by atoms with Crippen molar-refractivity contribution < 1.29 is 262 Å². The fourth-order valence-corrected chi connectivity index (χ4v) is 16.8. The molecule has 0 aromatic carbocycles. The minimum atomic E-state index is -3.11. The molecule has 10 heterocycles. The van der Waals surface area contributed by atoms with E-state index >= 15 is 0 Å². The van der Waals surface area contributed by atoms with Crippen LogP contribution in [0.2, 0.25) is 0 Å². The van der Waals surface area contributed by atoms with Gasteiger partial charge in [0, 0.05) is 41.0 Å². The van der Waals surface area contributed by atoms with E-state index in [1.54, 1.807) is 0 Å². The second-order valence-electron chi connectivity index (χ2n) is 33.2. The smallest absolute Gasteiger partial charge is 0.364 e. The number of carbonyl (C=O) groups excluding carboxylic acids is 5. The molecule has 0 aromatic rings. The molecule has 131 heavy (non-hydrogen) atoms. The fourth-order valence-electron chi connectivity index (χ4n) is 16.8. The molecule has 0 radical (unpaired) electrons. The van der Waals surface area contributed by atoms with E-state index in [1.807, 2.05) is 0 Å². The van der Waals surface area contributed by atoms with E-state index in [0.29, 0.717) is 0 Å². The third kappa shape index (κ3) is 24.3. The lowest BCUT2D eigenvalue weighted by molar-refractivity contribution is -0.399. The number of ether oxygens (including phenoxy) is 19. The third-order valence-corrected chi connectivity index (χ3v) is 23.8. The van der Waals surface area contributed by atoms with Gasteiger partial charge in [-0.05, 0) is 6.92 Å². The number of carbonyl (C=O) groups is 6. The number of hydrogen-bond donors (Lipinski definition) is 33. The van der Waals surface area contributed by atoms with Crippen molar-refractivity contribution in [3.63, 3.8) is 0 Å². The van der Waals surface area contributed by atoms with Crippen molar-refractivity contribution in [1.29, 1.82) is 0 Å². The predicted octanol–water partition coefficient (Wildman–Crippen LogP) is -21.9. The van der Waals surface area contributed by atoms with E-state index in [0.717, 1.165) is 34.6 Å². The molecule has 0 aromatic heterocycles. The van der Waals surface area contributed by atoms with E-state index in [2.05, 4.69) is 26.6 Å². The average molecular weight is 1920 g/mol. The van der Waals surface area contributed by atoms with E-state index < -0.39 is 414 Å². The van der Waals surface area contributed by atoms with E-state index in [4.69, 9.17) is 90.0 Å². The Bertz CT molecular complexity index is 3670. The van der Waals surface area contributed by atoms with Crippen molar-refractivity contribution in [3.8, 4) is 0 Å². The van der Waals surface area contributed by atoms with Crippen LogP contribution in [0.3, 0.4) is 0 Å². The van der Waals surface area contributed by atoms with E-state index in [-0.39, 0.29) is 0 Å². The number of aliphatic hydroxyl groups excluding tert-OH is 27. The van der Waals surface area contributed by atoms with Crippen LogP contribution in [0.25, 0.3) is 0 Å². The normalized spacial score (nSPS) is 47.5. The number of rotatable bonds is 35. The second-order valence-corrected chi connectivity index (χ2v) is 33.2. The van der Waals surface area contributed by atoms with Crippen LogP contribution < -0.4 is 26.6 Å². The molecule has 33 N–H and O–H groups in total. The summed E-state index contributed by atoms with van der Waals surface area (Å²) in [5.41, 5.74) is 0. The molecule has 58 heteroatoms. The molecule has 756 valence electrons. The van der Waals surface area contributed by atoms with Crippen LogP contribution in [0.15, 0.2) is 0 Å². The highest BCUT2D eigenvalue weighted by Crippen LogP contribution is 2.42. The molecule has 10 rings (SSSR count). The van der Waals surface area contributed by atoms with Crippen molar-refractivity contribution >= 4 is 35.5 Å². The van der Waals surface area contributed by atoms with Gasteiger partial charge < -0.3 is 260 Å². The quantitative estimate of drug-likeness (QED) is 0.0280. The van der Waals surface area contributed by atoms with Gasteiger partial charge in [-0.25, -0.2) is 4.79 Å². The third-order valence-electron chi connectivity index (χ3n) is 23.8. The first-order valence-corrected chi connectivity index (χ1v) is 41.6. The van der Waals surface area contributed by atoms with Gasteiger partial charge in [-0.15, -0.1) is 0 Å². The molecule has 0 aliphatic carbocycles. The summed E-state index contributed by atoms with van der Waals surface area (Å²) >= 11 is 0. The summed E-state index contributed by atoms with van der Waals surface area (Å²) in [5.74, 6) is -9.77. The van der Waals surface area contributed by atoms with Gasteiger partial charge in [0.1, 0.15) is 232 Å². The van der Waals surface area contributed by atoms with Crippen LogP contribution in [0.4, 0.5) is 0 Å². The van der Waals surface area contributed by atoms with Crippen LogP contribution in [0.1, 0.15) is 48.0 Å². The molecular formula is C73H121N5O53. The average Bonchev–Trinajstić information content (AvgIpc) is 0.760. The van der Waals surface area contributed by atoms with Crippen molar-refractivity contribution in [2.75, 3.05) is 59.5 Å². The monoisotopic (exact) mass is 1920 g/mol. The Morgan fingerprint density at radius 2 is 0.672 bits per heavy atom. The molecule has 10 aliphatic rings. The van der Waals surface area contributed by atoms with Crippen LogP contribution in [-0.4, -0.2) is 550 Å². The maximum Gasteiger partial charge on any atom is 0.364 e. The molecule has 58 nitrogen and oxygen atoms in total. The lowest BCUT2D eigenvalue weighted by Crippen LogP contribution is -2.71. The number of carboxylic acid groups (broad SMARTS) is 1. The first-order valence-electron chi connectivity index (χ1n) is 41.6. The molecule has 10 aliphatic heterocycles. The molecule has 10 fully saturated rings. The zero-order chi connectivity index (χ0) is 96.9. The largest absolute Gasteiger partial charge is 0.477 e. The molecule has 0 unspecified atom stereocenters. The Kier molecular flexibility index (Phi) is 38.4. The Balaban J connectivity index is 0.958. The number of nitrogens with one attached hydrogen (secondary N) is 5. The van der Waals surface area contributed by atoms with Gasteiger partial charge >= 0.3 is 5.97 Å². The lowest BCUT2D eigenvalue weighted by Gasteiger charge is -2.51. The van der Waals surface area contributed by atoms with Crippen LogP contribution in [-0.2, 0) is 119 Å². The minimum Gasteiger partial charge on any atom is -0.477 e. The van der Waals surface area contributed by atoms with Gasteiger partial charge in [-0.2, -0.15) is 0 Å². The first kappa shape index (κ1) is 108. The number of carboxylic acids is 1. The molecule has 51 atom stereocenters. The highest BCUT2D eigenvalue weighted by atomic mass is 16.8. The molecular weight excluding hydrogens is 1790 g/mol. The Morgan fingerprint density at radius 3 is 1.15 bits per heavy atom. The summed E-state index contributed by atoms with van der Waals surface area (Å²) in [7, 11) is 0. The summed E-state index contributed by atoms with van der Waals surface area (Å²) in [6, 6.07) is -9.33. The van der Waals surface area contributed by atoms with Crippen LogP contribution in [0.5, 0.6) is 0 Å².